The molecule has 1 atom stereocenters. The zero-order chi connectivity index (χ0) is 10.7. The molecule has 0 amide bonds. The van der Waals surface area contributed by atoms with Gasteiger partial charge in [-0.25, -0.2) is 0 Å². The van der Waals surface area contributed by atoms with E-state index in [1.54, 1.807) is 11.3 Å². The van der Waals surface area contributed by atoms with Crippen molar-refractivity contribution in [2.75, 3.05) is 19.8 Å². The first kappa shape index (κ1) is 11.1. The molecule has 1 aliphatic rings. The summed E-state index contributed by atoms with van der Waals surface area (Å²) in [6.07, 6.45) is 0.740. The minimum atomic E-state index is -0.647. The topological polar surface area (TPSA) is 41.5 Å². The van der Waals surface area contributed by atoms with Crippen LogP contribution in [-0.4, -0.2) is 30.5 Å². The summed E-state index contributed by atoms with van der Waals surface area (Å²) < 4.78 is 5.18. The SMILES string of the molecule is Cc1ccc(CNCC2(O)CCOC2)s1. The van der Waals surface area contributed by atoms with Gasteiger partial charge in [-0.05, 0) is 19.1 Å². The molecular formula is C11H17NO2S. The Hall–Kier alpha value is -0.420. The summed E-state index contributed by atoms with van der Waals surface area (Å²) >= 11 is 1.79. The van der Waals surface area contributed by atoms with Gasteiger partial charge in [0.1, 0.15) is 5.60 Å². The van der Waals surface area contributed by atoms with E-state index in [9.17, 15) is 5.11 Å². The Morgan fingerprint density at radius 1 is 1.60 bits per heavy atom. The van der Waals surface area contributed by atoms with Crippen LogP contribution in [0.2, 0.25) is 0 Å². The lowest BCUT2D eigenvalue weighted by atomic mass is 10.0. The highest BCUT2D eigenvalue weighted by Gasteiger charge is 2.31. The standard InChI is InChI=1S/C11H17NO2S/c1-9-2-3-10(15-9)6-12-7-11(13)4-5-14-8-11/h2-3,12-13H,4-8H2,1H3. The first-order valence-corrected chi connectivity index (χ1v) is 6.06. The number of hydrogen-bond acceptors (Lipinski definition) is 4. The van der Waals surface area contributed by atoms with Gasteiger partial charge in [-0.1, -0.05) is 0 Å². The Kier molecular flexibility index (Phi) is 3.41. The lowest BCUT2D eigenvalue weighted by Crippen LogP contribution is -2.40. The first-order chi connectivity index (χ1) is 7.18. The van der Waals surface area contributed by atoms with Gasteiger partial charge < -0.3 is 15.2 Å². The summed E-state index contributed by atoms with van der Waals surface area (Å²) in [7, 11) is 0. The molecule has 0 aromatic carbocycles. The van der Waals surface area contributed by atoms with Crippen LogP contribution in [0.1, 0.15) is 16.2 Å². The Morgan fingerprint density at radius 3 is 3.07 bits per heavy atom. The summed E-state index contributed by atoms with van der Waals surface area (Å²) in [5.74, 6) is 0. The van der Waals surface area contributed by atoms with E-state index >= 15 is 0 Å². The molecule has 1 unspecified atom stereocenters. The largest absolute Gasteiger partial charge is 0.386 e. The molecule has 84 valence electrons. The van der Waals surface area contributed by atoms with Crippen molar-refractivity contribution in [3.05, 3.63) is 21.9 Å². The molecule has 1 aromatic rings. The van der Waals surface area contributed by atoms with E-state index in [-0.39, 0.29) is 0 Å². The first-order valence-electron chi connectivity index (χ1n) is 5.24. The molecule has 2 N–H and O–H groups in total. The lowest BCUT2D eigenvalue weighted by Gasteiger charge is -2.20. The van der Waals surface area contributed by atoms with Crippen molar-refractivity contribution in [2.24, 2.45) is 0 Å². The molecule has 15 heavy (non-hydrogen) atoms. The van der Waals surface area contributed by atoms with Crippen molar-refractivity contribution in [3.63, 3.8) is 0 Å². The van der Waals surface area contributed by atoms with E-state index in [1.165, 1.54) is 9.75 Å². The van der Waals surface area contributed by atoms with Crippen LogP contribution in [0, 0.1) is 6.92 Å². The highest BCUT2D eigenvalue weighted by Crippen LogP contribution is 2.18. The van der Waals surface area contributed by atoms with Gasteiger partial charge in [0, 0.05) is 35.9 Å². The molecule has 1 fully saturated rings. The van der Waals surface area contributed by atoms with Crippen LogP contribution in [0.15, 0.2) is 12.1 Å². The van der Waals surface area contributed by atoms with E-state index < -0.39 is 5.60 Å². The smallest absolute Gasteiger partial charge is 0.103 e. The molecule has 0 radical (unpaired) electrons. The summed E-state index contributed by atoms with van der Waals surface area (Å²) in [5.41, 5.74) is -0.647. The van der Waals surface area contributed by atoms with E-state index in [0.29, 0.717) is 19.8 Å². The van der Waals surface area contributed by atoms with Crippen LogP contribution < -0.4 is 5.32 Å². The third kappa shape index (κ3) is 3.01. The maximum atomic E-state index is 9.99. The van der Waals surface area contributed by atoms with E-state index in [2.05, 4.69) is 24.4 Å². The number of aryl methyl sites for hydroxylation is 1. The fourth-order valence-corrected chi connectivity index (χ4v) is 2.59. The zero-order valence-corrected chi connectivity index (χ0v) is 9.77. The van der Waals surface area contributed by atoms with Gasteiger partial charge in [0.25, 0.3) is 0 Å². The summed E-state index contributed by atoms with van der Waals surface area (Å²) in [4.78, 5) is 2.64. The molecule has 0 aliphatic carbocycles. The third-order valence-electron chi connectivity index (χ3n) is 2.63. The molecule has 1 aliphatic heterocycles. The molecule has 4 heteroatoms. The molecular weight excluding hydrogens is 210 g/mol. The number of aliphatic hydroxyl groups is 1. The van der Waals surface area contributed by atoms with E-state index in [1.807, 2.05) is 0 Å². The van der Waals surface area contributed by atoms with Crippen molar-refractivity contribution in [1.82, 2.24) is 5.32 Å². The van der Waals surface area contributed by atoms with Crippen LogP contribution in [0.25, 0.3) is 0 Å². The van der Waals surface area contributed by atoms with Crippen LogP contribution in [0.5, 0.6) is 0 Å². The quantitative estimate of drug-likeness (QED) is 0.814. The summed E-state index contributed by atoms with van der Waals surface area (Å²) in [6, 6.07) is 4.25. The molecule has 2 heterocycles. The average Bonchev–Trinajstić information content (AvgIpc) is 2.76. The molecule has 3 nitrogen and oxygen atoms in total. The van der Waals surface area contributed by atoms with Gasteiger partial charge in [-0.15, -0.1) is 11.3 Å². The third-order valence-corrected chi connectivity index (χ3v) is 3.63. The highest BCUT2D eigenvalue weighted by molar-refractivity contribution is 7.11. The van der Waals surface area contributed by atoms with Gasteiger partial charge in [-0.2, -0.15) is 0 Å². The number of ether oxygens (including phenoxy) is 1. The number of hydrogen-bond donors (Lipinski definition) is 2. The minimum Gasteiger partial charge on any atom is -0.386 e. The molecule has 1 aromatic heterocycles. The van der Waals surface area contributed by atoms with Crippen molar-refractivity contribution >= 4 is 11.3 Å². The van der Waals surface area contributed by atoms with E-state index in [4.69, 9.17) is 4.74 Å². The van der Waals surface area contributed by atoms with Crippen LogP contribution in [-0.2, 0) is 11.3 Å². The second-order valence-electron chi connectivity index (χ2n) is 4.14. The Labute approximate surface area is 94.1 Å². The van der Waals surface area contributed by atoms with Crippen molar-refractivity contribution in [3.8, 4) is 0 Å². The lowest BCUT2D eigenvalue weighted by molar-refractivity contribution is 0.0269. The number of thiophene rings is 1. The predicted octanol–water partition coefficient (Wildman–Crippen LogP) is 1.30. The number of rotatable bonds is 4. The molecule has 2 rings (SSSR count). The minimum absolute atomic E-state index is 0.462. The van der Waals surface area contributed by atoms with Gasteiger partial charge in [-0.3, -0.25) is 0 Å². The fraction of sp³-hybridized carbons (Fsp3) is 0.636. The summed E-state index contributed by atoms with van der Waals surface area (Å²) in [6.45, 7) is 4.69. The van der Waals surface area contributed by atoms with E-state index in [0.717, 1.165) is 13.0 Å². The molecule has 0 spiro atoms. The van der Waals surface area contributed by atoms with Crippen molar-refractivity contribution in [2.45, 2.75) is 25.5 Å². The average molecular weight is 227 g/mol. The normalized spacial score (nSPS) is 26.0. The van der Waals surface area contributed by atoms with Crippen LogP contribution >= 0.6 is 11.3 Å². The molecule has 0 bridgehead atoms. The molecule has 1 saturated heterocycles. The maximum absolute atomic E-state index is 9.99. The predicted molar refractivity (Wildman–Crippen MR) is 61.1 cm³/mol. The number of nitrogens with one attached hydrogen (secondary N) is 1. The van der Waals surface area contributed by atoms with Crippen LogP contribution in [0.3, 0.4) is 0 Å². The van der Waals surface area contributed by atoms with Gasteiger partial charge >= 0.3 is 0 Å². The highest BCUT2D eigenvalue weighted by atomic mass is 32.1. The Morgan fingerprint density at radius 2 is 2.47 bits per heavy atom. The van der Waals surface area contributed by atoms with Crippen molar-refractivity contribution in [1.29, 1.82) is 0 Å². The summed E-state index contributed by atoms with van der Waals surface area (Å²) in [5, 5.41) is 13.3. The Balaban J connectivity index is 1.75. The molecule has 0 saturated carbocycles. The maximum Gasteiger partial charge on any atom is 0.103 e. The van der Waals surface area contributed by atoms with Crippen LogP contribution in [0.4, 0.5) is 0 Å². The van der Waals surface area contributed by atoms with Gasteiger partial charge in [0.05, 0.1) is 6.61 Å². The van der Waals surface area contributed by atoms with Crippen molar-refractivity contribution < 1.29 is 9.84 Å². The fourth-order valence-electron chi connectivity index (χ4n) is 1.73. The second kappa shape index (κ2) is 4.61. The van der Waals surface area contributed by atoms with Gasteiger partial charge in [0.2, 0.25) is 0 Å². The zero-order valence-electron chi connectivity index (χ0n) is 8.95. The Bertz CT molecular complexity index is 318. The van der Waals surface area contributed by atoms with Gasteiger partial charge in [0.15, 0.2) is 0 Å². The monoisotopic (exact) mass is 227 g/mol. The second-order valence-corrected chi connectivity index (χ2v) is 5.52.